The summed E-state index contributed by atoms with van der Waals surface area (Å²) in [5.74, 6) is 0.231. The van der Waals surface area contributed by atoms with Crippen LogP contribution in [0.3, 0.4) is 0 Å². The van der Waals surface area contributed by atoms with Gasteiger partial charge in [0.1, 0.15) is 12.2 Å². The van der Waals surface area contributed by atoms with Gasteiger partial charge in [-0.2, -0.15) is 11.8 Å². The van der Waals surface area contributed by atoms with E-state index in [0.717, 1.165) is 21.9 Å². The summed E-state index contributed by atoms with van der Waals surface area (Å²) in [5, 5.41) is 5.79. The molecule has 2 aliphatic rings. The maximum atomic E-state index is 13.8. The summed E-state index contributed by atoms with van der Waals surface area (Å²) in [6, 6.07) is 9.47. The maximum absolute atomic E-state index is 13.8. The van der Waals surface area contributed by atoms with Crippen LogP contribution in [0.4, 0.5) is 0 Å². The van der Waals surface area contributed by atoms with Gasteiger partial charge in [0.05, 0.1) is 23.1 Å². The van der Waals surface area contributed by atoms with Crippen LogP contribution in [0, 0.1) is 6.92 Å². The fourth-order valence-corrected chi connectivity index (χ4v) is 6.54. The Balaban J connectivity index is 1.62. The first-order chi connectivity index (χ1) is 17.9. The summed E-state index contributed by atoms with van der Waals surface area (Å²) in [6.45, 7) is 6.02. The monoisotopic (exact) mass is 535 g/mol. The van der Waals surface area contributed by atoms with Gasteiger partial charge >= 0.3 is 5.97 Å². The Kier molecular flexibility index (Phi) is 7.40. The number of hydrogen-bond donors (Lipinski definition) is 1. The number of thioether (sulfide) groups is 1. The normalized spacial score (nSPS) is 19.7. The van der Waals surface area contributed by atoms with Crippen molar-refractivity contribution in [2.45, 2.75) is 45.4 Å². The van der Waals surface area contributed by atoms with Crippen LogP contribution in [-0.4, -0.2) is 29.9 Å². The molecule has 1 N–H and O–H groups in total. The molecule has 0 unspecified atom stereocenters. The van der Waals surface area contributed by atoms with Crippen molar-refractivity contribution in [3.8, 4) is 0 Å². The molecule has 0 spiro atoms. The van der Waals surface area contributed by atoms with Crippen LogP contribution in [0.25, 0.3) is 11.0 Å². The first kappa shape index (κ1) is 25.5. The summed E-state index contributed by atoms with van der Waals surface area (Å²) < 4.78 is 11.5. The number of nitrogens with one attached hydrogen (secondary N) is 1. The van der Waals surface area contributed by atoms with Crippen LogP contribution in [0.2, 0.25) is 0 Å². The fourth-order valence-electron chi connectivity index (χ4n) is 5.22. The van der Waals surface area contributed by atoms with Crippen molar-refractivity contribution in [2.75, 3.05) is 18.1 Å². The molecule has 2 atom stereocenters. The number of rotatable bonds is 7. The van der Waals surface area contributed by atoms with Gasteiger partial charge in [-0.3, -0.25) is 9.59 Å². The molecule has 0 saturated heterocycles. The lowest BCUT2D eigenvalue weighted by Gasteiger charge is -2.36. The van der Waals surface area contributed by atoms with Gasteiger partial charge in [-0.05, 0) is 49.6 Å². The molecule has 37 heavy (non-hydrogen) atoms. The zero-order valence-electron chi connectivity index (χ0n) is 21.1. The quantitative estimate of drug-likeness (QED) is 0.301. The number of carbonyl (C=O) groups is 2. The zero-order valence-corrected chi connectivity index (χ0v) is 22.7. The minimum Gasteiger partial charge on any atom is -0.464 e. The van der Waals surface area contributed by atoms with Gasteiger partial charge in [-0.25, -0.2) is 4.79 Å². The topological polar surface area (TPSA) is 85.6 Å². The third-order valence-electron chi connectivity index (χ3n) is 6.92. The molecule has 8 heteroatoms. The number of ketones is 1. The van der Waals surface area contributed by atoms with Crippen molar-refractivity contribution in [3.63, 3.8) is 0 Å². The lowest BCUT2D eigenvalue weighted by atomic mass is 9.73. The van der Waals surface area contributed by atoms with Crippen molar-refractivity contribution in [1.29, 1.82) is 0 Å². The number of thiophene rings is 1. The van der Waals surface area contributed by atoms with E-state index in [9.17, 15) is 14.4 Å². The van der Waals surface area contributed by atoms with E-state index in [4.69, 9.17) is 9.15 Å². The Labute approximate surface area is 223 Å². The number of allylic oxidation sites excluding steroid dienone is 3. The van der Waals surface area contributed by atoms with E-state index in [1.54, 1.807) is 42.2 Å². The maximum Gasteiger partial charge on any atom is 0.336 e. The summed E-state index contributed by atoms with van der Waals surface area (Å²) in [7, 11) is 0. The van der Waals surface area contributed by atoms with Crippen molar-refractivity contribution in [3.05, 3.63) is 90.7 Å². The number of dihydropyridines is 1. The predicted molar refractivity (Wildman–Crippen MR) is 148 cm³/mol. The van der Waals surface area contributed by atoms with Gasteiger partial charge in [0.25, 0.3) is 0 Å². The lowest BCUT2D eigenvalue weighted by Crippen LogP contribution is -2.37. The number of fused-ring (bicyclic) bond motifs is 1. The van der Waals surface area contributed by atoms with E-state index in [1.807, 2.05) is 31.4 Å². The molecule has 192 valence electrons. The Morgan fingerprint density at radius 1 is 1.22 bits per heavy atom. The van der Waals surface area contributed by atoms with Gasteiger partial charge in [0.2, 0.25) is 0 Å². The molecule has 1 aromatic carbocycles. The zero-order chi connectivity index (χ0) is 26.1. The number of benzene rings is 1. The number of hydrogen-bond acceptors (Lipinski definition) is 8. The van der Waals surface area contributed by atoms with E-state index in [-0.39, 0.29) is 29.3 Å². The van der Waals surface area contributed by atoms with Gasteiger partial charge in [-0.1, -0.05) is 24.6 Å². The summed E-state index contributed by atoms with van der Waals surface area (Å²) in [5.41, 5.74) is 3.56. The molecule has 0 amide bonds. The molecule has 5 rings (SSSR count). The van der Waals surface area contributed by atoms with Gasteiger partial charge < -0.3 is 14.5 Å². The van der Waals surface area contributed by atoms with Crippen LogP contribution in [0.15, 0.2) is 73.7 Å². The van der Waals surface area contributed by atoms with Gasteiger partial charge in [-0.15, -0.1) is 11.3 Å². The molecule has 3 heterocycles. The molecule has 3 aromatic rings. The largest absolute Gasteiger partial charge is 0.464 e. The molecular formula is C29H29NO5S2. The van der Waals surface area contributed by atoms with Crippen molar-refractivity contribution >= 4 is 45.8 Å². The summed E-state index contributed by atoms with van der Waals surface area (Å²) in [6.07, 6.45) is 2.36. The van der Waals surface area contributed by atoms with Crippen LogP contribution >= 0.6 is 23.1 Å². The van der Waals surface area contributed by atoms with E-state index in [2.05, 4.69) is 11.4 Å². The molecule has 0 saturated carbocycles. The number of ether oxygens (including phenoxy) is 1. The first-order valence-corrected chi connectivity index (χ1v) is 14.5. The highest BCUT2D eigenvalue weighted by Gasteiger charge is 2.43. The smallest absolute Gasteiger partial charge is 0.336 e. The fraction of sp³-hybridized carbons (Fsp3) is 0.345. The molecule has 1 aliphatic carbocycles. The van der Waals surface area contributed by atoms with E-state index < -0.39 is 11.9 Å². The van der Waals surface area contributed by atoms with Gasteiger partial charge in [0.15, 0.2) is 11.2 Å². The molecule has 1 aliphatic heterocycles. The first-order valence-electron chi connectivity index (χ1n) is 12.4. The average molecular weight is 536 g/mol. The lowest BCUT2D eigenvalue weighted by molar-refractivity contribution is -0.138. The Hall–Kier alpha value is -3.10. The van der Waals surface area contributed by atoms with Crippen LogP contribution in [0.1, 0.15) is 54.5 Å². The number of esters is 1. The highest BCUT2D eigenvalue weighted by molar-refractivity contribution is 7.99. The molecular weight excluding hydrogens is 506 g/mol. The standard InChI is InChI=1S/C29H29NO5S2/c1-4-36-11-9-34-29(33)25-17(3)30-21-13-18(24-6-5-10-37-24)14-22(31)27(21)26(25)20-15-35-23-8-7-16(2)12-19(23)28(20)32/h5-8,10,12,15,18,26,30H,4,9,11,13-14H2,1-3H3/t18-,26+/m0/s1. The predicted octanol–water partition coefficient (Wildman–Crippen LogP) is 5.82. The van der Waals surface area contributed by atoms with Crippen LogP contribution in [0.5, 0.6) is 0 Å². The second-order valence-electron chi connectivity index (χ2n) is 9.39. The Bertz CT molecular complexity index is 1480. The van der Waals surface area contributed by atoms with E-state index in [1.165, 1.54) is 6.26 Å². The highest BCUT2D eigenvalue weighted by Crippen LogP contribution is 2.46. The Morgan fingerprint density at radius 3 is 2.81 bits per heavy atom. The van der Waals surface area contributed by atoms with Crippen molar-refractivity contribution in [1.82, 2.24) is 5.32 Å². The number of carbonyl (C=O) groups excluding carboxylic acids is 2. The minimum absolute atomic E-state index is 0.0578. The number of Topliss-reactive ketones (excluding diaryl/α,β-unsaturated/α-hetero) is 1. The summed E-state index contributed by atoms with van der Waals surface area (Å²) in [4.78, 5) is 42.1. The second kappa shape index (κ2) is 10.7. The highest BCUT2D eigenvalue weighted by atomic mass is 32.2. The summed E-state index contributed by atoms with van der Waals surface area (Å²) >= 11 is 3.32. The Morgan fingerprint density at radius 2 is 2.05 bits per heavy atom. The second-order valence-corrected chi connectivity index (χ2v) is 11.8. The molecule has 0 radical (unpaired) electrons. The molecule has 0 fully saturated rings. The van der Waals surface area contributed by atoms with Crippen LogP contribution in [-0.2, 0) is 14.3 Å². The molecule has 0 bridgehead atoms. The van der Waals surface area contributed by atoms with Crippen molar-refractivity contribution < 1.29 is 18.7 Å². The van der Waals surface area contributed by atoms with Gasteiger partial charge in [0, 0.05) is 45.5 Å². The van der Waals surface area contributed by atoms with Crippen molar-refractivity contribution in [2.24, 2.45) is 0 Å². The van der Waals surface area contributed by atoms with Crippen LogP contribution < -0.4 is 10.7 Å². The average Bonchev–Trinajstić information content (AvgIpc) is 3.41. The SMILES string of the molecule is CCSCCOC(=O)C1=C(C)NC2=C(C(=O)C[C@@H](c3cccs3)C2)[C@@H]1c1coc2ccc(C)cc2c1=O. The number of aryl methyl sites for hydroxylation is 1. The van der Waals surface area contributed by atoms with E-state index in [0.29, 0.717) is 46.4 Å². The third kappa shape index (κ3) is 4.92. The molecule has 6 nitrogen and oxygen atoms in total. The van der Waals surface area contributed by atoms with E-state index >= 15 is 0 Å². The molecule has 2 aromatic heterocycles. The third-order valence-corrected chi connectivity index (χ3v) is 8.82. The minimum atomic E-state index is -0.847.